The van der Waals surface area contributed by atoms with E-state index in [2.05, 4.69) is 5.43 Å². The van der Waals surface area contributed by atoms with Gasteiger partial charge in [0.1, 0.15) is 6.29 Å². The fourth-order valence-corrected chi connectivity index (χ4v) is 2.62. The van der Waals surface area contributed by atoms with Crippen LogP contribution in [0, 0.1) is 0 Å². The Morgan fingerprint density at radius 1 is 0.733 bits per heavy atom. The third-order valence-electron chi connectivity index (χ3n) is 4.22. The molecule has 0 saturated carbocycles. The first-order chi connectivity index (χ1) is 14.4. The number of aldehydes is 1. The van der Waals surface area contributed by atoms with Gasteiger partial charge in [-0.2, -0.15) is 5.01 Å². The van der Waals surface area contributed by atoms with Gasteiger partial charge >= 0.3 is 0 Å². The molecule has 0 unspecified atom stereocenters. The Morgan fingerprint density at radius 3 is 1.83 bits per heavy atom. The van der Waals surface area contributed by atoms with Gasteiger partial charge in [-0.15, -0.1) is 0 Å². The molecule has 3 rings (SSSR count). The first-order valence-electron chi connectivity index (χ1n) is 8.85. The Bertz CT molecular complexity index is 1110. The normalized spacial score (nSPS) is 10.1. The second kappa shape index (κ2) is 8.70. The van der Waals surface area contributed by atoms with E-state index in [1.54, 1.807) is 0 Å². The maximum Gasteiger partial charge on any atom is 0.279 e. The van der Waals surface area contributed by atoms with Crippen LogP contribution >= 0.6 is 0 Å². The van der Waals surface area contributed by atoms with Gasteiger partial charge in [-0.3, -0.25) is 24.6 Å². The van der Waals surface area contributed by atoms with Crippen LogP contribution in [0.2, 0.25) is 0 Å². The molecule has 8 heteroatoms. The summed E-state index contributed by atoms with van der Waals surface area (Å²) < 4.78 is 0. The van der Waals surface area contributed by atoms with Crippen molar-refractivity contribution in [2.75, 3.05) is 11.5 Å². The minimum atomic E-state index is -0.802. The molecule has 0 fully saturated rings. The Hall–Kier alpha value is -4.46. The second-order valence-corrected chi connectivity index (χ2v) is 6.37. The van der Waals surface area contributed by atoms with E-state index in [-0.39, 0.29) is 22.3 Å². The first-order valence-corrected chi connectivity index (χ1v) is 8.85. The maximum atomic E-state index is 13.0. The summed E-state index contributed by atoms with van der Waals surface area (Å²) in [6, 6.07) is 17.7. The number of amides is 3. The number of benzene rings is 3. The highest BCUT2D eigenvalue weighted by atomic mass is 16.2. The molecule has 0 bridgehead atoms. The number of rotatable bonds is 4. The number of hydrogen-bond donors (Lipinski definition) is 3. The molecular weight excluding hydrogens is 384 g/mol. The van der Waals surface area contributed by atoms with Crippen LogP contribution in [-0.4, -0.2) is 29.0 Å². The van der Waals surface area contributed by atoms with Gasteiger partial charge in [0.25, 0.3) is 17.7 Å². The van der Waals surface area contributed by atoms with Crippen LogP contribution < -0.4 is 16.9 Å². The average molecular weight is 402 g/mol. The smallest absolute Gasteiger partial charge is 0.279 e. The quantitative estimate of drug-likeness (QED) is 0.265. The zero-order valence-electron chi connectivity index (χ0n) is 15.7. The number of nitrogens with one attached hydrogen (secondary N) is 1. The lowest BCUT2D eigenvalue weighted by Crippen LogP contribution is -2.50. The van der Waals surface area contributed by atoms with Crippen molar-refractivity contribution >= 4 is 35.4 Å². The number of nitrogens with zero attached hydrogens (tertiary/aromatic N) is 1. The molecule has 0 aliphatic carbocycles. The predicted molar refractivity (Wildman–Crippen MR) is 112 cm³/mol. The number of nitrogens with two attached hydrogens (primary N) is 2. The molecule has 3 aromatic rings. The van der Waals surface area contributed by atoms with Gasteiger partial charge in [-0.1, -0.05) is 12.1 Å². The molecule has 150 valence electrons. The third kappa shape index (κ3) is 4.50. The summed E-state index contributed by atoms with van der Waals surface area (Å²) in [5.41, 5.74) is 15.2. The Morgan fingerprint density at radius 2 is 1.27 bits per heavy atom. The van der Waals surface area contributed by atoms with Crippen LogP contribution in [0.5, 0.6) is 0 Å². The number of carbonyl (C=O) groups is 4. The van der Waals surface area contributed by atoms with Crippen LogP contribution in [0.1, 0.15) is 41.4 Å². The van der Waals surface area contributed by atoms with E-state index in [9.17, 15) is 19.2 Å². The number of carbonyl (C=O) groups excluding carboxylic acids is 4. The van der Waals surface area contributed by atoms with Crippen LogP contribution in [0.4, 0.5) is 11.4 Å². The molecule has 3 aromatic carbocycles. The van der Waals surface area contributed by atoms with Crippen molar-refractivity contribution in [3.63, 3.8) is 0 Å². The van der Waals surface area contributed by atoms with Gasteiger partial charge in [0.05, 0.1) is 0 Å². The van der Waals surface area contributed by atoms with Crippen molar-refractivity contribution in [1.29, 1.82) is 0 Å². The minimum Gasteiger partial charge on any atom is -0.399 e. The van der Waals surface area contributed by atoms with Crippen LogP contribution in [-0.2, 0) is 0 Å². The van der Waals surface area contributed by atoms with Crippen molar-refractivity contribution in [2.24, 2.45) is 0 Å². The highest BCUT2D eigenvalue weighted by Crippen LogP contribution is 2.13. The lowest BCUT2D eigenvalue weighted by Gasteiger charge is -2.22. The molecule has 3 amide bonds. The predicted octanol–water partition coefficient (Wildman–Crippen LogP) is 2.29. The maximum absolute atomic E-state index is 13.0. The van der Waals surface area contributed by atoms with E-state index >= 15 is 0 Å². The molecule has 8 nitrogen and oxygen atoms in total. The highest BCUT2D eigenvalue weighted by Gasteiger charge is 2.27. The van der Waals surface area contributed by atoms with E-state index in [4.69, 9.17) is 11.5 Å². The van der Waals surface area contributed by atoms with Crippen molar-refractivity contribution in [2.45, 2.75) is 0 Å². The molecule has 5 N–H and O–H groups in total. The Balaban J connectivity index is 1.96. The third-order valence-corrected chi connectivity index (χ3v) is 4.22. The van der Waals surface area contributed by atoms with Crippen molar-refractivity contribution in [3.8, 4) is 0 Å². The van der Waals surface area contributed by atoms with E-state index in [1.807, 2.05) is 0 Å². The van der Waals surface area contributed by atoms with Gasteiger partial charge in [0, 0.05) is 33.6 Å². The highest BCUT2D eigenvalue weighted by molar-refractivity contribution is 6.12. The van der Waals surface area contributed by atoms with Crippen molar-refractivity contribution in [3.05, 3.63) is 95.1 Å². The summed E-state index contributed by atoms with van der Waals surface area (Å²) in [6.07, 6.45) is 0.579. The molecule has 0 spiro atoms. The molecular formula is C22H18N4O4. The van der Waals surface area contributed by atoms with Crippen molar-refractivity contribution in [1.82, 2.24) is 10.4 Å². The van der Waals surface area contributed by atoms with Crippen LogP contribution in [0.25, 0.3) is 0 Å². The standard InChI is InChI=1S/C22H18N4O4/c23-18-8-4-15(5-9-18)20(28)25-26(21(29)16-6-10-19(24)11-7-16)22(30)17-3-1-2-14(12-17)13-27/h1-13H,23-24H2,(H,25,28). The van der Waals surface area contributed by atoms with Crippen molar-refractivity contribution < 1.29 is 19.2 Å². The van der Waals surface area contributed by atoms with E-state index in [0.29, 0.717) is 22.7 Å². The number of nitrogen functional groups attached to an aromatic ring is 2. The first kappa shape index (κ1) is 20.3. The van der Waals surface area contributed by atoms with Gasteiger partial charge in [0.2, 0.25) is 0 Å². The molecule has 0 aliphatic heterocycles. The van der Waals surface area contributed by atoms with Crippen LogP contribution in [0.15, 0.2) is 72.8 Å². The van der Waals surface area contributed by atoms with E-state index in [1.165, 1.54) is 72.8 Å². The number of imide groups is 1. The zero-order chi connectivity index (χ0) is 21.7. The fraction of sp³-hybridized carbons (Fsp3) is 0. The van der Waals surface area contributed by atoms with Gasteiger partial charge in [-0.25, -0.2) is 0 Å². The molecule has 0 atom stereocenters. The SMILES string of the molecule is Nc1ccc(C(=O)NN(C(=O)c2ccc(N)cc2)C(=O)c2cccc(C=O)c2)cc1. The van der Waals surface area contributed by atoms with E-state index in [0.717, 1.165) is 0 Å². The summed E-state index contributed by atoms with van der Waals surface area (Å²) in [5.74, 6) is -2.25. The number of anilines is 2. The van der Waals surface area contributed by atoms with E-state index < -0.39 is 17.7 Å². The monoisotopic (exact) mass is 402 g/mol. The second-order valence-electron chi connectivity index (χ2n) is 6.37. The largest absolute Gasteiger partial charge is 0.399 e. The number of hydrazine groups is 1. The number of hydrogen-bond acceptors (Lipinski definition) is 6. The van der Waals surface area contributed by atoms with Gasteiger partial charge in [0.15, 0.2) is 0 Å². The molecule has 0 aromatic heterocycles. The summed E-state index contributed by atoms with van der Waals surface area (Å²) in [6.45, 7) is 0. The fourth-order valence-electron chi connectivity index (χ4n) is 2.62. The molecule has 0 radical (unpaired) electrons. The summed E-state index contributed by atoms with van der Waals surface area (Å²) in [5, 5.41) is 0.605. The van der Waals surface area contributed by atoms with Crippen LogP contribution in [0.3, 0.4) is 0 Å². The molecule has 0 heterocycles. The summed E-state index contributed by atoms with van der Waals surface area (Å²) in [7, 11) is 0. The zero-order valence-corrected chi connectivity index (χ0v) is 15.7. The lowest BCUT2D eigenvalue weighted by atomic mass is 10.1. The topological polar surface area (TPSA) is 136 Å². The molecule has 0 aliphatic rings. The average Bonchev–Trinajstić information content (AvgIpc) is 2.77. The Labute approximate surface area is 172 Å². The summed E-state index contributed by atoms with van der Waals surface area (Å²) >= 11 is 0. The van der Waals surface area contributed by atoms with Gasteiger partial charge < -0.3 is 11.5 Å². The molecule has 30 heavy (non-hydrogen) atoms. The minimum absolute atomic E-state index is 0.0565. The van der Waals surface area contributed by atoms with Gasteiger partial charge in [-0.05, 0) is 60.7 Å². The lowest BCUT2D eigenvalue weighted by molar-refractivity contribution is 0.0484. The molecule has 0 saturated heterocycles. The Kier molecular flexibility index (Phi) is 5.88. The summed E-state index contributed by atoms with van der Waals surface area (Å²) in [4.78, 5) is 49.7.